The fraction of sp³-hybridized carbons (Fsp3) is 0.816. The van der Waals surface area contributed by atoms with E-state index in [0.717, 1.165) is 6.29 Å². The Kier molecular flexibility index (Phi) is 17.5. The van der Waals surface area contributed by atoms with Crippen LogP contribution in [0.5, 0.6) is 0 Å². The minimum atomic E-state index is -1.48. The highest BCUT2D eigenvalue weighted by Crippen LogP contribution is 2.37. The summed E-state index contributed by atoms with van der Waals surface area (Å²) >= 11 is 0. The largest absolute Gasteiger partial charge is 0.462 e. The Balaban J connectivity index is 2.04. The number of hydrogen-bond donors (Lipinski definition) is 4. The quantitative estimate of drug-likeness (QED) is 0.186. The van der Waals surface area contributed by atoms with Crippen molar-refractivity contribution in [3.63, 3.8) is 0 Å². The van der Waals surface area contributed by atoms with E-state index in [2.05, 4.69) is 0 Å². The van der Waals surface area contributed by atoms with Gasteiger partial charge in [0.25, 0.3) is 0 Å². The molecule has 2 unspecified atom stereocenters. The smallest absolute Gasteiger partial charge is 0.309 e. The topological polar surface area (TPSA) is 200 Å². The van der Waals surface area contributed by atoms with Gasteiger partial charge in [-0.05, 0) is 60.0 Å². The number of nitrogens with zero attached hydrogens (tertiary/aromatic N) is 1. The van der Waals surface area contributed by atoms with Gasteiger partial charge in [-0.3, -0.25) is 9.59 Å². The summed E-state index contributed by atoms with van der Waals surface area (Å²) in [4.78, 5) is 40.0. The van der Waals surface area contributed by atoms with Crippen LogP contribution in [0.2, 0.25) is 0 Å². The standard InChI is InChI=1S/C38H63NO14/c1-10-28(42)51-27-19-29(43)48-22(3)14-12-11-13-15-26(41)21(2)18-25(16-17-40)34(35(27)47-9)53-37-32(44)31(39(7)8)33(23(4)50-37)52-30-20-38(6,46)36(45)24(5)49-30/h11-13,15,17,21-27,30-37,41,44-46H,10,14,16,18-20H2,1-9H3/b12-11+,15-13+/t21-,22-,23-,24-,25+,26+,27-,30?,31-,32+,33+,34-,35+,36+,37?,38+/m0/s1. The average molecular weight is 758 g/mol. The Morgan fingerprint density at radius 2 is 1.74 bits per heavy atom. The first kappa shape index (κ1) is 45.1. The summed E-state index contributed by atoms with van der Waals surface area (Å²) in [6, 6.07) is -0.750. The lowest BCUT2D eigenvalue weighted by atomic mass is 9.82. The molecule has 16 atom stereocenters. The summed E-state index contributed by atoms with van der Waals surface area (Å²) < 4.78 is 42.6. The van der Waals surface area contributed by atoms with Gasteiger partial charge in [-0.25, -0.2) is 0 Å². The fourth-order valence-corrected chi connectivity index (χ4v) is 7.38. The second kappa shape index (κ2) is 20.6. The molecule has 53 heavy (non-hydrogen) atoms. The lowest BCUT2D eigenvalue weighted by molar-refractivity contribution is -0.344. The van der Waals surface area contributed by atoms with Gasteiger partial charge in [-0.1, -0.05) is 38.2 Å². The van der Waals surface area contributed by atoms with Crippen molar-refractivity contribution in [3.05, 3.63) is 24.3 Å². The van der Waals surface area contributed by atoms with Crippen molar-refractivity contribution >= 4 is 18.2 Å². The van der Waals surface area contributed by atoms with E-state index in [1.165, 1.54) is 14.0 Å². The zero-order chi connectivity index (χ0) is 39.6. The number of allylic oxidation sites excluding steroid dienone is 2. The molecule has 0 radical (unpaired) electrons. The molecule has 15 nitrogen and oxygen atoms in total. The third-order valence-electron chi connectivity index (χ3n) is 10.4. The van der Waals surface area contributed by atoms with E-state index < -0.39 is 109 Å². The van der Waals surface area contributed by atoms with Crippen LogP contribution in [0, 0.1) is 11.8 Å². The van der Waals surface area contributed by atoms with Gasteiger partial charge in [0.05, 0.1) is 42.5 Å². The summed E-state index contributed by atoms with van der Waals surface area (Å²) in [5, 5.41) is 44.2. The molecule has 15 heteroatoms. The molecule has 0 bridgehead atoms. The Hall–Kier alpha value is -2.31. The van der Waals surface area contributed by atoms with E-state index >= 15 is 0 Å². The number of carbonyl (C=O) groups excluding carboxylic acids is 3. The highest BCUT2D eigenvalue weighted by molar-refractivity contribution is 5.72. The molecule has 3 rings (SSSR count). The first-order valence-electron chi connectivity index (χ1n) is 18.7. The van der Waals surface area contributed by atoms with Crippen molar-refractivity contribution in [1.82, 2.24) is 4.90 Å². The summed E-state index contributed by atoms with van der Waals surface area (Å²) in [5.41, 5.74) is -1.48. The van der Waals surface area contributed by atoms with Gasteiger partial charge in [0.1, 0.15) is 42.9 Å². The number of carbonyl (C=O) groups is 3. The molecule has 3 aliphatic heterocycles. The Morgan fingerprint density at radius 3 is 2.34 bits per heavy atom. The second-order valence-corrected chi connectivity index (χ2v) is 15.1. The predicted octanol–water partition coefficient (Wildman–Crippen LogP) is 1.81. The molecule has 2 fully saturated rings. The van der Waals surface area contributed by atoms with Crippen LogP contribution in [0.1, 0.15) is 80.1 Å². The summed E-state index contributed by atoms with van der Waals surface area (Å²) in [7, 11) is 4.87. The summed E-state index contributed by atoms with van der Waals surface area (Å²) in [6.45, 7) is 10.0. The molecule has 0 aliphatic carbocycles. The third kappa shape index (κ3) is 12.3. The van der Waals surface area contributed by atoms with Gasteiger partial charge in [-0.2, -0.15) is 0 Å². The van der Waals surface area contributed by atoms with Crippen molar-refractivity contribution in [2.75, 3.05) is 21.2 Å². The number of methoxy groups -OCH3 is 1. The maximum Gasteiger partial charge on any atom is 0.309 e. The highest BCUT2D eigenvalue weighted by Gasteiger charge is 2.52. The van der Waals surface area contributed by atoms with Gasteiger partial charge < -0.3 is 63.3 Å². The molecule has 0 amide bonds. The van der Waals surface area contributed by atoms with Crippen LogP contribution in [-0.4, -0.2) is 150 Å². The fourth-order valence-electron chi connectivity index (χ4n) is 7.38. The molecular weight excluding hydrogens is 694 g/mol. The molecule has 0 aromatic rings. The SMILES string of the molecule is CCC(=O)O[C@H]1CC(=O)O[C@@H](C)C/C=C/C=C/[C@@H](O)[C@@H](C)C[C@@H](CC=O)[C@H](OC2O[C@@H](C)[C@@H](OC3C[C@@](C)(O)[C@H](O)[C@H](C)O3)[C@@H](N(C)C)[C@H]2O)[C@@H]1OC. The number of rotatable bonds is 10. The maximum atomic E-state index is 13.3. The number of hydrogen-bond acceptors (Lipinski definition) is 15. The van der Waals surface area contributed by atoms with Crippen molar-refractivity contribution in [2.24, 2.45) is 11.8 Å². The zero-order valence-electron chi connectivity index (χ0n) is 32.6. The van der Waals surface area contributed by atoms with Crippen molar-refractivity contribution in [1.29, 1.82) is 0 Å². The number of likely N-dealkylation sites (N-methyl/N-ethyl adjacent to an activating group) is 1. The zero-order valence-corrected chi connectivity index (χ0v) is 32.6. The van der Waals surface area contributed by atoms with Crippen LogP contribution < -0.4 is 0 Å². The van der Waals surface area contributed by atoms with E-state index in [9.17, 15) is 34.8 Å². The van der Waals surface area contributed by atoms with E-state index in [0.29, 0.717) is 6.42 Å². The van der Waals surface area contributed by atoms with E-state index in [1.54, 1.807) is 64.9 Å². The monoisotopic (exact) mass is 757 g/mol. The van der Waals surface area contributed by atoms with Gasteiger partial charge in [0.2, 0.25) is 0 Å². The average Bonchev–Trinajstić information content (AvgIpc) is 3.07. The molecule has 304 valence electrons. The van der Waals surface area contributed by atoms with Crippen LogP contribution in [0.15, 0.2) is 24.3 Å². The molecule has 4 N–H and O–H groups in total. The van der Waals surface area contributed by atoms with E-state index in [1.807, 2.05) is 13.0 Å². The van der Waals surface area contributed by atoms with Gasteiger partial charge >= 0.3 is 11.9 Å². The molecular formula is C38H63NO14. The second-order valence-electron chi connectivity index (χ2n) is 15.1. The first-order valence-corrected chi connectivity index (χ1v) is 18.7. The number of aliphatic hydroxyl groups excluding tert-OH is 3. The number of aliphatic hydroxyl groups is 4. The van der Waals surface area contributed by atoms with Gasteiger partial charge in [0.15, 0.2) is 12.6 Å². The van der Waals surface area contributed by atoms with E-state index in [4.69, 9.17) is 33.2 Å². The Morgan fingerprint density at radius 1 is 1.04 bits per heavy atom. The molecule has 3 aliphatic rings. The van der Waals surface area contributed by atoms with Crippen LogP contribution in [-0.2, 0) is 47.5 Å². The Labute approximate surface area is 313 Å². The number of esters is 2. The summed E-state index contributed by atoms with van der Waals surface area (Å²) in [6.07, 6.45) is -4.13. The number of cyclic esters (lactones) is 1. The normalized spacial score (nSPS) is 43.4. The molecule has 0 spiro atoms. The lowest BCUT2D eigenvalue weighted by Crippen LogP contribution is -2.65. The van der Waals surface area contributed by atoms with Crippen LogP contribution >= 0.6 is 0 Å². The minimum Gasteiger partial charge on any atom is -0.462 e. The molecule has 0 saturated carbocycles. The van der Waals surface area contributed by atoms with Crippen molar-refractivity contribution < 1.29 is 68.0 Å². The molecule has 0 aromatic heterocycles. The first-order chi connectivity index (χ1) is 24.9. The van der Waals surface area contributed by atoms with Crippen molar-refractivity contribution in [2.45, 2.75) is 165 Å². The lowest BCUT2D eigenvalue weighted by Gasteiger charge is -2.50. The van der Waals surface area contributed by atoms with Gasteiger partial charge in [-0.15, -0.1) is 0 Å². The minimum absolute atomic E-state index is 0.00772. The highest BCUT2D eigenvalue weighted by atomic mass is 16.7. The van der Waals surface area contributed by atoms with Crippen LogP contribution in [0.25, 0.3) is 0 Å². The maximum absolute atomic E-state index is 13.3. The predicted molar refractivity (Wildman–Crippen MR) is 191 cm³/mol. The van der Waals surface area contributed by atoms with Gasteiger partial charge in [0, 0.05) is 32.8 Å². The number of ether oxygens (including phenoxy) is 7. The van der Waals surface area contributed by atoms with Crippen LogP contribution in [0.4, 0.5) is 0 Å². The molecule has 0 aromatic carbocycles. The van der Waals surface area contributed by atoms with E-state index in [-0.39, 0.29) is 32.1 Å². The molecule has 3 heterocycles. The Bertz CT molecular complexity index is 1230. The van der Waals surface area contributed by atoms with Crippen LogP contribution in [0.3, 0.4) is 0 Å². The summed E-state index contributed by atoms with van der Waals surface area (Å²) in [5.74, 6) is -2.31. The third-order valence-corrected chi connectivity index (χ3v) is 10.4. The van der Waals surface area contributed by atoms with Crippen molar-refractivity contribution in [3.8, 4) is 0 Å². The molecule has 2 saturated heterocycles. The number of aldehydes is 1.